The lowest BCUT2D eigenvalue weighted by Crippen LogP contribution is -2.44. The van der Waals surface area contributed by atoms with Crippen molar-refractivity contribution in [3.8, 4) is 0 Å². The van der Waals surface area contributed by atoms with Crippen LogP contribution in [-0.2, 0) is 6.54 Å². The fourth-order valence-electron chi connectivity index (χ4n) is 10.1. The van der Waals surface area contributed by atoms with Crippen molar-refractivity contribution < 1.29 is 15.3 Å². The van der Waals surface area contributed by atoms with E-state index in [0.717, 1.165) is 105 Å². The van der Waals surface area contributed by atoms with Gasteiger partial charge in [-0.05, 0) is 156 Å². The SMILES string of the molecule is CO.OC(CN1CCC(c2c[nH]c3ccccc23)CC1)C1CCN(Cc2ccccc2)CC1.OC(CN1CCC(c2c[nH]c3ccccc23)CC1)C1CCNCC1. The lowest BCUT2D eigenvalue weighted by atomic mass is 9.87. The van der Waals surface area contributed by atoms with Crippen LogP contribution in [0.3, 0.4) is 0 Å². The number of hydrogen-bond acceptors (Lipinski definition) is 7. The smallest absolute Gasteiger partial charge is 0.0696 e. The highest BCUT2D eigenvalue weighted by atomic mass is 16.3. The van der Waals surface area contributed by atoms with Gasteiger partial charge in [-0.3, -0.25) is 4.90 Å². The normalized spacial score (nSPS) is 21.1. The summed E-state index contributed by atoms with van der Waals surface area (Å²) in [4.78, 5) is 14.3. The lowest BCUT2D eigenvalue weighted by Gasteiger charge is -2.38. The van der Waals surface area contributed by atoms with Crippen LogP contribution in [0.1, 0.15) is 79.9 Å². The largest absolute Gasteiger partial charge is 0.400 e. The Balaban J connectivity index is 0.000000172. The number of aliphatic hydroxyl groups is 3. The minimum absolute atomic E-state index is 0.156. The Morgan fingerprint density at radius 2 is 0.947 bits per heavy atom. The first-order valence-corrected chi connectivity index (χ1v) is 21.9. The van der Waals surface area contributed by atoms with Crippen LogP contribution >= 0.6 is 0 Å². The number of nitrogens with one attached hydrogen (secondary N) is 3. The molecule has 308 valence electrons. The highest BCUT2D eigenvalue weighted by molar-refractivity contribution is 5.84. The lowest BCUT2D eigenvalue weighted by molar-refractivity contribution is 0.0245. The molecule has 9 rings (SSSR count). The molecule has 0 aliphatic carbocycles. The van der Waals surface area contributed by atoms with Crippen LogP contribution < -0.4 is 5.32 Å². The van der Waals surface area contributed by atoms with Gasteiger partial charge in [0.05, 0.1) is 12.2 Å². The number of nitrogens with zero attached hydrogens (tertiary/aromatic N) is 3. The van der Waals surface area contributed by atoms with E-state index in [4.69, 9.17) is 5.11 Å². The van der Waals surface area contributed by atoms with Gasteiger partial charge < -0.3 is 40.4 Å². The summed E-state index contributed by atoms with van der Waals surface area (Å²) >= 11 is 0. The molecule has 3 aromatic carbocycles. The van der Waals surface area contributed by atoms with Crippen LogP contribution in [0.2, 0.25) is 0 Å². The molecular formula is C48H68N6O3. The molecule has 2 unspecified atom stereocenters. The zero-order valence-electron chi connectivity index (χ0n) is 34.2. The molecule has 4 aliphatic rings. The van der Waals surface area contributed by atoms with Crippen LogP contribution in [0, 0.1) is 11.8 Å². The first-order chi connectivity index (χ1) is 28.1. The fourth-order valence-corrected chi connectivity index (χ4v) is 10.1. The molecule has 0 spiro atoms. The van der Waals surface area contributed by atoms with E-state index < -0.39 is 0 Å². The van der Waals surface area contributed by atoms with Gasteiger partial charge in [-0.25, -0.2) is 0 Å². The Kier molecular flexibility index (Phi) is 15.3. The molecule has 6 N–H and O–H groups in total. The molecule has 0 amide bonds. The molecule has 4 fully saturated rings. The maximum Gasteiger partial charge on any atom is 0.0696 e. The Morgan fingerprint density at radius 1 is 0.526 bits per heavy atom. The number of rotatable bonds is 10. The van der Waals surface area contributed by atoms with Gasteiger partial charge in [0.15, 0.2) is 0 Å². The standard InChI is InChI=1S/C27H35N3O.C20H29N3O.CH4O/c31-27(23-12-16-29(17-13-23)19-21-6-2-1-3-7-21)20-30-14-10-22(11-15-30)25-18-28-26-9-5-4-8-24(25)26;24-20(16-5-9-21-10-6-16)14-23-11-7-15(8-12-23)18-13-22-19-4-2-1-3-17(18)19;1-2/h1-9,18,22-23,27-28,31H,10-17,19-20H2;1-4,13,15-16,20-22,24H,5-12,14H2;2H,1H3. The summed E-state index contributed by atoms with van der Waals surface area (Å²) in [6.07, 6.45) is 13.3. The van der Waals surface area contributed by atoms with Crippen molar-refractivity contribution in [2.24, 2.45) is 11.8 Å². The molecule has 6 heterocycles. The summed E-state index contributed by atoms with van der Waals surface area (Å²) < 4.78 is 0. The minimum Gasteiger partial charge on any atom is -0.400 e. The molecule has 4 saturated heterocycles. The minimum atomic E-state index is -0.191. The van der Waals surface area contributed by atoms with Crippen molar-refractivity contribution in [2.75, 3.05) is 72.6 Å². The summed E-state index contributed by atoms with van der Waals surface area (Å²) in [6, 6.07) is 28.0. The summed E-state index contributed by atoms with van der Waals surface area (Å²) in [7, 11) is 1.00. The van der Waals surface area contributed by atoms with Crippen molar-refractivity contribution in [3.05, 3.63) is 108 Å². The molecule has 2 atom stereocenters. The van der Waals surface area contributed by atoms with Crippen LogP contribution in [0.5, 0.6) is 0 Å². The zero-order valence-corrected chi connectivity index (χ0v) is 34.2. The number of β-amino-alcohol motifs (C(OH)–C–C–N with tert-alkyl or cyclic N) is 2. The van der Waals surface area contributed by atoms with Crippen molar-refractivity contribution in [3.63, 3.8) is 0 Å². The van der Waals surface area contributed by atoms with E-state index in [1.807, 2.05) is 0 Å². The Morgan fingerprint density at radius 3 is 1.44 bits per heavy atom. The number of hydrogen-bond donors (Lipinski definition) is 6. The van der Waals surface area contributed by atoms with Gasteiger partial charge in [0.25, 0.3) is 0 Å². The van der Waals surface area contributed by atoms with E-state index >= 15 is 0 Å². The van der Waals surface area contributed by atoms with Gasteiger partial charge in [-0.15, -0.1) is 0 Å². The summed E-state index contributed by atoms with van der Waals surface area (Å²) in [5, 5.41) is 34.6. The van der Waals surface area contributed by atoms with Crippen LogP contribution in [0.25, 0.3) is 21.8 Å². The number of likely N-dealkylation sites (tertiary alicyclic amines) is 3. The second kappa shape index (κ2) is 20.9. The van der Waals surface area contributed by atoms with Gasteiger partial charge in [0.2, 0.25) is 0 Å². The molecule has 9 nitrogen and oxygen atoms in total. The predicted octanol–water partition coefficient (Wildman–Crippen LogP) is 6.94. The number of H-pyrrole nitrogens is 2. The molecular weight excluding hydrogens is 709 g/mol. The number of aromatic amines is 2. The second-order valence-electron chi connectivity index (χ2n) is 17.1. The molecule has 0 bridgehead atoms. The van der Waals surface area contributed by atoms with Crippen molar-refractivity contribution in [1.82, 2.24) is 30.0 Å². The van der Waals surface area contributed by atoms with Crippen LogP contribution in [-0.4, -0.2) is 125 Å². The molecule has 9 heteroatoms. The van der Waals surface area contributed by atoms with Crippen LogP contribution in [0.15, 0.2) is 91.3 Å². The van der Waals surface area contributed by atoms with Crippen molar-refractivity contribution in [1.29, 1.82) is 0 Å². The predicted molar refractivity (Wildman–Crippen MR) is 234 cm³/mol. The first kappa shape index (κ1) is 41.6. The summed E-state index contributed by atoms with van der Waals surface area (Å²) in [6.45, 7) is 11.4. The Hall–Kier alpha value is -3.54. The summed E-state index contributed by atoms with van der Waals surface area (Å²) in [5.41, 5.74) is 6.83. The zero-order chi connectivity index (χ0) is 39.4. The van der Waals surface area contributed by atoms with E-state index in [0.29, 0.717) is 23.7 Å². The Bertz CT molecular complexity index is 1880. The fraction of sp³-hybridized carbons (Fsp3) is 0.542. The number of aliphatic hydroxyl groups excluding tert-OH is 3. The Labute approximate surface area is 340 Å². The highest BCUT2D eigenvalue weighted by Crippen LogP contribution is 2.35. The van der Waals surface area contributed by atoms with Gasteiger partial charge >= 0.3 is 0 Å². The molecule has 57 heavy (non-hydrogen) atoms. The number of benzene rings is 3. The van der Waals surface area contributed by atoms with Gasteiger partial charge in [0, 0.05) is 60.9 Å². The monoisotopic (exact) mass is 777 g/mol. The maximum atomic E-state index is 10.9. The third-order valence-corrected chi connectivity index (χ3v) is 13.5. The van der Waals surface area contributed by atoms with Crippen molar-refractivity contribution >= 4 is 21.8 Å². The molecule has 0 saturated carbocycles. The molecule has 2 aromatic heterocycles. The molecule has 0 radical (unpaired) electrons. The number of para-hydroxylation sites is 2. The maximum absolute atomic E-state index is 10.9. The van der Waals surface area contributed by atoms with Crippen molar-refractivity contribution in [2.45, 2.75) is 82.0 Å². The molecule has 5 aromatic rings. The van der Waals surface area contributed by atoms with Crippen LogP contribution in [0.4, 0.5) is 0 Å². The van der Waals surface area contributed by atoms with E-state index in [2.05, 4.69) is 121 Å². The van der Waals surface area contributed by atoms with Gasteiger partial charge in [0.1, 0.15) is 0 Å². The average Bonchev–Trinajstić information content (AvgIpc) is 3.91. The number of fused-ring (bicyclic) bond motifs is 2. The summed E-state index contributed by atoms with van der Waals surface area (Å²) in [5.74, 6) is 2.20. The first-order valence-electron chi connectivity index (χ1n) is 21.9. The van der Waals surface area contributed by atoms with E-state index in [-0.39, 0.29) is 12.2 Å². The number of aromatic nitrogens is 2. The second-order valence-corrected chi connectivity index (χ2v) is 17.1. The molecule has 4 aliphatic heterocycles. The quantitative estimate of drug-likeness (QED) is 0.0912. The van der Waals surface area contributed by atoms with E-state index in [1.54, 1.807) is 0 Å². The van der Waals surface area contributed by atoms with Gasteiger partial charge in [-0.1, -0.05) is 66.7 Å². The average molecular weight is 777 g/mol. The highest BCUT2D eigenvalue weighted by Gasteiger charge is 2.30. The van der Waals surface area contributed by atoms with Gasteiger partial charge in [-0.2, -0.15) is 0 Å². The topological polar surface area (TPSA) is 114 Å². The van der Waals surface area contributed by atoms with E-state index in [9.17, 15) is 10.2 Å². The van der Waals surface area contributed by atoms with E-state index in [1.165, 1.54) is 64.2 Å². The third-order valence-electron chi connectivity index (χ3n) is 13.5. The number of piperidine rings is 4. The third kappa shape index (κ3) is 10.9.